The minimum Gasteiger partial charge on any atom is -0.481 e. The number of hydrogen-bond donors (Lipinski definition) is 2. The maximum atomic E-state index is 12.0. The van der Waals surface area contributed by atoms with Gasteiger partial charge in [0.25, 0.3) is 0 Å². The monoisotopic (exact) mass is 296 g/mol. The van der Waals surface area contributed by atoms with E-state index in [9.17, 15) is 9.59 Å². The number of nitrogens with one attached hydrogen (secondary N) is 1. The highest BCUT2D eigenvalue weighted by atomic mass is 32.2. The van der Waals surface area contributed by atoms with Gasteiger partial charge < -0.3 is 15.3 Å². The van der Waals surface area contributed by atoms with Gasteiger partial charge in [-0.3, -0.25) is 4.79 Å². The molecule has 110 valence electrons. The normalized spacial score (nSPS) is 11.8. The molecule has 0 aliphatic heterocycles. The highest BCUT2D eigenvalue weighted by Crippen LogP contribution is 2.26. The predicted octanol–water partition coefficient (Wildman–Crippen LogP) is 2.90. The number of hydrogen-bond acceptors (Lipinski definition) is 3. The van der Waals surface area contributed by atoms with E-state index in [-0.39, 0.29) is 12.6 Å². The molecule has 0 aromatic heterocycles. The number of nitrogens with zero attached hydrogens (tertiary/aromatic N) is 1. The molecule has 0 fully saturated rings. The van der Waals surface area contributed by atoms with Crippen LogP contribution in [0.15, 0.2) is 23.1 Å². The molecule has 0 saturated carbocycles. The van der Waals surface area contributed by atoms with E-state index in [2.05, 4.69) is 5.32 Å². The highest BCUT2D eigenvalue weighted by molar-refractivity contribution is 7.98. The van der Waals surface area contributed by atoms with Gasteiger partial charge in [0, 0.05) is 24.2 Å². The topological polar surface area (TPSA) is 69.6 Å². The minimum atomic E-state index is -0.912. The molecule has 0 saturated heterocycles. The Hall–Kier alpha value is -1.69. The van der Waals surface area contributed by atoms with E-state index >= 15 is 0 Å². The number of aliphatic carboxylic acids is 1. The average Bonchev–Trinajstić information content (AvgIpc) is 2.40. The van der Waals surface area contributed by atoms with Gasteiger partial charge in [0.2, 0.25) is 0 Å². The van der Waals surface area contributed by atoms with Crippen LogP contribution in [-0.2, 0) is 4.79 Å². The number of anilines is 1. The van der Waals surface area contributed by atoms with E-state index in [1.54, 1.807) is 25.7 Å². The standard InChI is InChI=1S/C14H20N2O3S/c1-9(13(17)18)8-16(3)14(19)15-11-6-5-7-12(20-4)10(11)2/h5-7,9H,8H2,1-4H3,(H,15,19)(H,17,18). The second-order valence-corrected chi connectivity index (χ2v) is 5.53. The third-order valence-electron chi connectivity index (χ3n) is 3.06. The number of benzene rings is 1. The van der Waals surface area contributed by atoms with Crippen molar-refractivity contribution in [1.29, 1.82) is 0 Å². The lowest BCUT2D eigenvalue weighted by Gasteiger charge is -2.21. The summed E-state index contributed by atoms with van der Waals surface area (Å²) in [5, 5.41) is 11.7. The quantitative estimate of drug-likeness (QED) is 0.820. The Morgan fingerprint density at radius 1 is 1.45 bits per heavy atom. The number of carboxylic acids is 1. The van der Waals surface area contributed by atoms with Gasteiger partial charge in [-0.25, -0.2) is 4.79 Å². The fraction of sp³-hybridized carbons (Fsp3) is 0.429. The Labute approximate surface area is 123 Å². The highest BCUT2D eigenvalue weighted by Gasteiger charge is 2.18. The summed E-state index contributed by atoms with van der Waals surface area (Å²) in [6, 6.07) is 5.40. The van der Waals surface area contributed by atoms with Gasteiger partial charge in [-0.15, -0.1) is 11.8 Å². The lowest BCUT2D eigenvalue weighted by Crippen LogP contribution is -2.36. The van der Waals surface area contributed by atoms with Crippen LogP contribution in [0.3, 0.4) is 0 Å². The smallest absolute Gasteiger partial charge is 0.321 e. The molecule has 5 nitrogen and oxygen atoms in total. The van der Waals surface area contributed by atoms with Crippen LogP contribution in [-0.4, -0.2) is 41.9 Å². The number of carboxylic acid groups (broad SMARTS) is 1. The predicted molar refractivity (Wildman–Crippen MR) is 81.4 cm³/mol. The summed E-state index contributed by atoms with van der Waals surface area (Å²) in [5.41, 5.74) is 1.75. The van der Waals surface area contributed by atoms with E-state index in [1.807, 2.05) is 31.4 Å². The average molecular weight is 296 g/mol. The zero-order chi connectivity index (χ0) is 15.3. The van der Waals surface area contributed by atoms with Crippen LogP contribution in [0.5, 0.6) is 0 Å². The number of carbonyl (C=O) groups excluding carboxylic acids is 1. The largest absolute Gasteiger partial charge is 0.481 e. The third-order valence-corrected chi connectivity index (χ3v) is 3.94. The summed E-state index contributed by atoms with van der Waals surface area (Å²) in [7, 11) is 1.59. The van der Waals surface area contributed by atoms with Gasteiger partial charge in [0.1, 0.15) is 0 Å². The Morgan fingerprint density at radius 3 is 2.65 bits per heavy atom. The van der Waals surface area contributed by atoms with Crippen LogP contribution in [0.25, 0.3) is 0 Å². The number of thioether (sulfide) groups is 1. The van der Waals surface area contributed by atoms with E-state index in [0.29, 0.717) is 0 Å². The Balaban J connectivity index is 2.73. The van der Waals surface area contributed by atoms with E-state index in [1.165, 1.54) is 4.90 Å². The Morgan fingerprint density at radius 2 is 2.10 bits per heavy atom. The van der Waals surface area contributed by atoms with E-state index in [0.717, 1.165) is 16.1 Å². The summed E-state index contributed by atoms with van der Waals surface area (Å²) < 4.78 is 0. The fourth-order valence-electron chi connectivity index (χ4n) is 1.75. The maximum Gasteiger partial charge on any atom is 0.321 e. The van der Waals surface area contributed by atoms with E-state index < -0.39 is 11.9 Å². The SMILES string of the molecule is CSc1cccc(NC(=O)N(C)CC(C)C(=O)O)c1C. The van der Waals surface area contributed by atoms with Gasteiger partial charge in [0.15, 0.2) is 0 Å². The van der Waals surface area contributed by atoms with Crippen LogP contribution in [0.4, 0.5) is 10.5 Å². The molecular formula is C14H20N2O3S. The van der Waals surface area contributed by atoms with Crippen molar-refractivity contribution in [2.75, 3.05) is 25.2 Å². The van der Waals surface area contributed by atoms with Crippen LogP contribution < -0.4 is 5.32 Å². The fourth-order valence-corrected chi connectivity index (χ4v) is 2.38. The van der Waals surface area contributed by atoms with Crippen molar-refractivity contribution in [1.82, 2.24) is 4.90 Å². The molecule has 1 rings (SSSR count). The summed E-state index contributed by atoms with van der Waals surface area (Å²) in [5.74, 6) is -1.51. The lowest BCUT2D eigenvalue weighted by atomic mass is 10.2. The molecule has 0 heterocycles. The molecule has 1 atom stereocenters. The molecule has 2 N–H and O–H groups in total. The first-order valence-electron chi connectivity index (χ1n) is 6.25. The summed E-state index contributed by atoms with van der Waals surface area (Å²) in [4.78, 5) is 25.3. The first-order chi connectivity index (χ1) is 9.36. The van der Waals surface area contributed by atoms with E-state index in [4.69, 9.17) is 5.11 Å². The molecule has 0 radical (unpaired) electrons. The second kappa shape index (κ2) is 7.19. The molecule has 0 spiro atoms. The molecule has 2 amide bonds. The zero-order valence-electron chi connectivity index (χ0n) is 12.1. The third kappa shape index (κ3) is 4.16. The summed E-state index contributed by atoms with van der Waals surface area (Å²) >= 11 is 1.62. The number of rotatable bonds is 5. The van der Waals surface area contributed by atoms with Crippen LogP contribution in [0.1, 0.15) is 12.5 Å². The molecule has 20 heavy (non-hydrogen) atoms. The number of amides is 2. The van der Waals surface area contributed by atoms with Crippen molar-refractivity contribution in [3.63, 3.8) is 0 Å². The van der Waals surface area contributed by atoms with Gasteiger partial charge in [-0.1, -0.05) is 13.0 Å². The van der Waals surface area contributed by atoms with Crippen molar-refractivity contribution < 1.29 is 14.7 Å². The molecule has 0 aliphatic carbocycles. The Kier molecular flexibility index (Phi) is 5.88. The van der Waals surface area contributed by atoms with Gasteiger partial charge in [0.05, 0.1) is 5.92 Å². The Bertz CT molecular complexity index is 505. The van der Waals surface area contributed by atoms with Crippen molar-refractivity contribution in [2.45, 2.75) is 18.7 Å². The maximum absolute atomic E-state index is 12.0. The first kappa shape index (κ1) is 16.4. The molecule has 1 unspecified atom stereocenters. The molecule has 0 aliphatic rings. The number of urea groups is 1. The van der Waals surface area contributed by atoms with Crippen LogP contribution in [0.2, 0.25) is 0 Å². The summed E-state index contributed by atoms with van der Waals surface area (Å²) in [6.45, 7) is 3.69. The van der Waals surface area contributed by atoms with Gasteiger partial charge in [-0.2, -0.15) is 0 Å². The number of carbonyl (C=O) groups is 2. The first-order valence-corrected chi connectivity index (χ1v) is 7.47. The lowest BCUT2D eigenvalue weighted by molar-refractivity contribution is -0.141. The van der Waals surface area contributed by atoms with Crippen molar-refractivity contribution in [3.05, 3.63) is 23.8 Å². The molecule has 1 aromatic carbocycles. The van der Waals surface area contributed by atoms with Gasteiger partial charge in [-0.05, 0) is 30.9 Å². The second-order valence-electron chi connectivity index (χ2n) is 4.68. The van der Waals surface area contributed by atoms with Crippen LogP contribution in [0, 0.1) is 12.8 Å². The zero-order valence-corrected chi connectivity index (χ0v) is 13.0. The summed E-state index contributed by atoms with van der Waals surface area (Å²) in [6.07, 6.45) is 1.98. The minimum absolute atomic E-state index is 0.169. The molecular weight excluding hydrogens is 276 g/mol. The van der Waals surface area contributed by atoms with Crippen molar-refractivity contribution >= 4 is 29.4 Å². The van der Waals surface area contributed by atoms with Gasteiger partial charge >= 0.3 is 12.0 Å². The van der Waals surface area contributed by atoms with Crippen LogP contribution >= 0.6 is 11.8 Å². The molecule has 6 heteroatoms. The molecule has 0 bridgehead atoms. The molecule has 1 aromatic rings. The van der Waals surface area contributed by atoms with Crippen molar-refractivity contribution in [2.24, 2.45) is 5.92 Å². The van der Waals surface area contributed by atoms with Crippen molar-refractivity contribution in [3.8, 4) is 0 Å².